The lowest BCUT2D eigenvalue weighted by atomic mass is 9.94. The number of hydrogen-bond acceptors (Lipinski definition) is 3. The van der Waals surface area contributed by atoms with E-state index in [1.165, 1.54) is 12.8 Å². The Morgan fingerprint density at radius 2 is 1.56 bits per heavy atom. The fraction of sp³-hybridized carbons (Fsp3) is 0.600. The lowest BCUT2D eigenvalue weighted by molar-refractivity contribution is -0.136. The van der Waals surface area contributed by atoms with Crippen molar-refractivity contribution in [3.8, 4) is 5.75 Å². The molecule has 25 heavy (non-hydrogen) atoms. The predicted octanol–water partition coefficient (Wildman–Crippen LogP) is 2.95. The van der Waals surface area contributed by atoms with Crippen LogP contribution in [0.25, 0.3) is 0 Å². The molecule has 2 heterocycles. The first kappa shape index (κ1) is 17.8. The van der Waals surface area contributed by atoms with Gasteiger partial charge in [0.2, 0.25) is 5.91 Å². The van der Waals surface area contributed by atoms with Crippen molar-refractivity contribution in [3.63, 3.8) is 0 Å². The smallest absolute Gasteiger partial charge is 0.257 e. The molecule has 0 spiro atoms. The molecule has 0 N–H and O–H groups in total. The molecule has 0 atom stereocenters. The maximum Gasteiger partial charge on any atom is 0.257 e. The summed E-state index contributed by atoms with van der Waals surface area (Å²) in [6.45, 7) is 3.08. The quantitative estimate of drug-likeness (QED) is 0.847. The Bertz CT molecular complexity index is 601. The van der Waals surface area contributed by atoms with Crippen molar-refractivity contribution in [2.75, 3.05) is 33.3 Å². The van der Waals surface area contributed by atoms with Crippen LogP contribution in [0, 0.1) is 5.92 Å². The van der Waals surface area contributed by atoms with Gasteiger partial charge in [0.05, 0.1) is 12.7 Å². The molecule has 2 saturated heterocycles. The van der Waals surface area contributed by atoms with Crippen LogP contribution in [-0.4, -0.2) is 54.9 Å². The van der Waals surface area contributed by atoms with E-state index in [1.54, 1.807) is 13.2 Å². The van der Waals surface area contributed by atoms with E-state index in [9.17, 15) is 9.59 Å². The minimum absolute atomic E-state index is 0.00174. The molecule has 136 valence electrons. The molecule has 3 rings (SSSR count). The summed E-state index contributed by atoms with van der Waals surface area (Å²) in [6, 6.07) is 7.32. The fourth-order valence-electron chi connectivity index (χ4n) is 3.87. The third-order valence-electron chi connectivity index (χ3n) is 5.39. The van der Waals surface area contributed by atoms with E-state index in [1.807, 2.05) is 23.1 Å². The molecule has 0 saturated carbocycles. The molecule has 0 aromatic heterocycles. The van der Waals surface area contributed by atoms with Crippen LogP contribution in [0.2, 0.25) is 0 Å². The number of likely N-dealkylation sites (tertiary alicyclic amines) is 2. The van der Waals surface area contributed by atoms with Crippen molar-refractivity contribution in [1.29, 1.82) is 0 Å². The molecular formula is C20H28N2O3. The summed E-state index contributed by atoms with van der Waals surface area (Å²) in [6.07, 6.45) is 6.23. The van der Waals surface area contributed by atoms with Crippen molar-refractivity contribution >= 4 is 11.8 Å². The standard InChI is InChI=1S/C20H28N2O3/c1-25-18-9-5-4-8-17(18)20(24)22-14-10-16(11-15-22)19(23)21-12-6-2-3-7-13-21/h4-5,8-9,16H,2-3,6-7,10-15H2,1H3. The summed E-state index contributed by atoms with van der Waals surface area (Å²) >= 11 is 0. The van der Waals surface area contributed by atoms with Crippen molar-refractivity contribution in [2.24, 2.45) is 5.92 Å². The highest BCUT2D eigenvalue weighted by Gasteiger charge is 2.31. The van der Waals surface area contributed by atoms with E-state index in [4.69, 9.17) is 4.74 Å². The molecule has 0 unspecified atom stereocenters. The van der Waals surface area contributed by atoms with E-state index >= 15 is 0 Å². The van der Waals surface area contributed by atoms with Crippen LogP contribution in [0.3, 0.4) is 0 Å². The number of carbonyl (C=O) groups is 2. The highest BCUT2D eigenvalue weighted by Crippen LogP contribution is 2.25. The van der Waals surface area contributed by atoms with Gasteiger partial charge in [0, 0.05) is 32.1 Å². The van der Waals surface area contributed by atoms with Gasteiger partial charge in [0.1, 0.15) is 5.75 Å². The summed E-state index contributed by atoms with van der Waals surface area (Å²) in [5, 5.41) is 0. The Morgan fingerprint density at radius 1 is 0.920 bits per heavy atom. The molecule has 5 nitrogen and oxygen atoms in total. The number of piperidine rings is 1. The van der Waals surface area contributed by atoms with Gasteiger partial charge in [-0.2, -0.15) is 0 Å². The first-order valence-corrected chi connectivity index (χ1v) is 9.42. The van der Waals surface area contributed by atoms with E-state index in [-0.39, 0.29) is 11.8 Å². The second-order valence-corrected chi connectivity index (χ2v) is 7.01. The van der Waals surface area contributed by atoms with Crippen molar-refractivity contribution in [2.45, 2.75) is 38.5 Å². The molecule has 1 aromatic rings. The SMILES string of the molecule is COc1ccccc1C(=O)N1CCC(C(=O)N2CCCCCC2)CC1. The Balaban J connectivity index is 1.57. The first-order valence-electron chi connectivity index (χ1n) is 9.42. The van der Waals surface area contributed by atoms with Crippen LogP contribution >= 0.6 is 0 Å². The Kier molecular flexibility index (Phi) is 5.95. The van der Waals surface area contributed by atoms with Gasteiger partial charge in [-0.25, -0.2) is 0 Å². The van der Waals surface area contributed by atoms with Crippen molar-refractivity contribution in [1.82, 2.24) is 9.80 Å². The number of ether oxygens (including phenoxy) is 1. The van der Waals surface area contributed by atoms with Gasteiger partial charge in [-0.1, -0.05) is 25.0 Å². The molecule has 5 heteroatoms. The number of carbonyl (C=O) groups excluding carboxylic acids is 2. The van der Waals surface area contributed by atoms with Gasteiger partial charge < -0.3 is 14.5 Å². The monoisotopic (exact) mass is 344 g/mol. The number of amides is 2. The van der Waals surface area contributed by atoms with Gasteiger partial charge in [-0.3, -0.25) is 9.59 Å². The van der Waals surface area contributed by atoms with Crippen LogP contribution in [0.15, 0.2) is 24.3 Å². The highest BCUT2D eigenvalue weighted by molar-refractivity contribution is 5.97. The van der Waals surface area contributed by atoms with Gasteiger partial charge in [-0.05, 0) is 37.8 Å². The second-order valence-electron chi connectivity index (χ2n) is 7.01. The maximum absolute atomic E-state index is 12.8. The van der Waals surface area contributed by atoms with E-state index in [2.05, 4.69) is 4.90 Å². The average Bonchev–Trinajstić information content (AvgIpc) is 2.96. The van der Waals surface area contributed by atoms with Crippen LogP contribution in [-0.2, 0) is 4.79 Å². The Hall–Kier alpha value is -2.04. The first-order chi connectivity index (χ1) is 12.2. The Morgan fingerprint density at radius 3 is 2.20 bits per heavy atom. The predicted molar refractivity (Wildman–Crippen MR) is 96.7 cm³/mol. The molecule has 2 amide bonds. The minimum atomic E-state index is -0.00174. The lowest BCUT2D eigenvalue weighted by Crippen LogP contribution is -2.44. The van der Waals surface area contributed by atoms with E-state index in [0.717, 1.165) is 38.8 Å². The van der Waals surface area contributed by atoms with Crippen LogP contribution in [0.5, 0.6) is 5.75 Å². The zero-order valence-corrected chi connectivity index (χ0v) is 15.1. The third kappa shape index (κ3) is 4.14. The highest BCUT2D eigenvalue weighted by atomic mass is 16.5. The fourth-order valence-corrected chi connectivity index (χ4v) is 3.87. The number of para-hydroxylation sites is 1. The number of hydrogen-bond donors (Lipinski definition) is 0. The average molecular weight is 344 g/mol. The molecule has 0 aliphatic carbocycles. The largest absolute Gasteiger partial charge is 0.496 e. The zero-order chi connectivity index (χ0) is 17.6. The third-order valence-corrected chi connectivity index (χ3v) is 5.39. The van der Waals surface area contributed by atoms with Gasteiger partial charge >= 0.3 is 0 Å². The molecular weight excluding hydrogens is 316 g/mol. The van der Waals surface area contributed by atoms with E-state index < -0.39 is 0 Å². The normalized spacial score (nSPS) is 19.4. The van der Waals surface area contributed by atoms with Crippen LogP contribution < -0.4 is 4.74 Å². The van der Waals surface area contributed by atoms with Gasteiger partial charge in [0.15, 0.2) is 0 Å². The zero-order valence-electron chi connectivity index (χ0n) is 15.1. The summed E-state index contributed by atoms with van der Waals surface area (Å²) in [7, 11) is 1.58. The van der Waals surface area contributed by atoms with E-state index in [0.29, 0.717) is 30.3 Å². The summed E-state index contributed by atoms with van der Waals surface area (Å²) < 4.78 is 5.30. The number of benzene rings is 1. The van der Waals surface area contributed by atoms with Crippen molar-refractivity contribution < 1.29 is 14.3 Å². The van der Waals surface area contributed by atoms with Crippen LogP contribution in [0.1, 0.15) is 48.9 Å². The van der Waals surface area contributed by atoms with Gasteiger partial charge in [0.25, 0.3) is 5.91 Å². The maximum atomic E-state index is 12.8. The molecule has 2 fully saturated rings. The molecule has 2 aliphatic heterocycles. The minimum Gasteiger partial charge on any atom is -0.496 e. The molecule has 2 aliphatic rings. The molecule has 0 bridgehead atoms. The lowest BCUT2D eigenvalue weighted by Gasteiger charge is -2.34. The summed E-state index contributed by atoms with van der Waals surface area (Å²) in [5.41, 5.74) is 0.599. The number of nitrogens with zero attached hydrogens (tertiary/aromatic N) is 2. The second kappa shape index (κ2) is 8.37. The van der Waals surface area contributed by atoms with Crippen molar-refractivity contribution in [3.05, 3.63) is 29.8 Å². The van der Waals surface area contributed by atoms with Crippen LogP contribution in [0.4, 0.5) is 0 Å². The Labute approximate surface area is 149 Å². The number of rotatable bonds is 3. The molecule has 0 radical (unpaired) electrons. The summed E-state index contributed by atoms with van der Waals surface area (Å²) in [4.78, 5) is 29.4. The number of methoxy groups -OCH3 is 1. The topological polar surface area (TPSA) is 49.9 Å². The summed E-state index contributed by atoms with van der Waals surface area (Å²) in [5.74, 6) is 0.972. The van der Waals surface area contributed by atoms with Gasteiger partial charge in [-0.15, -0.1) is 0 Å². The molecule has 1 aromatic carbocycles.